The lowest BCUT2D eigenvalue weighted by atomic mass is 9.86. The molecule has 0 bridgehead atoms. The summed E-state index contributed by atoms with van der Waals surface area (Å²) in [6.07, 6.45) is 0. The molecular weight excluding hydrogens is 272 g/mol. The zero-order valence-electron chi connectivity index (χ0n) is 10.9. The number of hydrogen-bond acceptors (Lipinski definition) is 5. The summed E-state index contributed by atoms with van der Waals surface area (Å²) in [6.45, 7) is 5.13. The van der Waals surface area contributed by atoms with E-state index in [4.69, 9.17) is 16.3 Å². The maximum atomic E-state index is 10.6. The average molecular weight is 287 g/mol. The summed E-state index contributed by atoms with van der Waals surface area (Å²) in [6, 6.07) is 1.64. The lowest BCUT2D eigenvalue weighted by molar-refractivity contribution is -0.501. The lowest BCUT2D eigenvalue weighted by Crippen LogP contribution is -2.32. The molecule has 0 aliphatic carbocycles. The quantitative estimate of drug-likeness (QED) is 0.521. The van der Waals surface area contributed by atoms with Gasteiger partial charge < -0.3 is 9.84 Å². The van der Waals surface area contributed by atoms with Gasteiger partial charge in [0.05, 0.1) is 12.3 Å². The number of halogens is 1. The number of fused-ring (bicyclic) bond motifs is 1. The maximum absolute atomic E-state index is 10.6. The Balaban J connectivity index is 2.51. The fourth-order valence-electron chi connectivity index (χ4n) is 2.08. The highest BCUT2D eigenvalue weighted by atomic mass is 35.5. The Kier molecular flexibility index (Phi) is 3.18. The Morgan fingerprint density at radius 3 is 2.89 bits per heavy atom. The lowest BCUT2D eigenvalue weighted by Gasteiger charge is -2.21. The van der Waals surface area contributed by atoms with Crippen molar-refractivity contribution in [3.8, 4) is 5.75 Å². The van der Waals surface area contributed by atoms with Gasteiger partial charge >= 0.3 is 0 Å². The molecule has 1 aromatic rings. The normalized spacial score (nSPS) is 19.4. The van der Waals surface area contributed by atoms with Crippen molar-refractivity contribution in [1.82, 2.24) is 4.98 Å². The average Bonchev–Trinajstić information content (AvgIpc) is 2.53. The van der Waals surface area contributed by atoms with Gasteiger partial charge in [-0.3, -0.25) is 10.1 Å². The number of pyridine rings is 1. The smallest absolute Gasteiger partial charge is 0.237 e. The topological polar surface area (TPSA) is 85.5 Å². The SMILES string of the molecule is CC1(C)COc2c1cc(C(C)(O)C[N+](=O)[O-])nc2Cl. The van der Waals surface area contributed by atoms with Crippen LogP contribution < -0.4 is 4.74 Å². The van der Waals surface area contributed by atoms with Gasteiger partial charge in [0.15, 0.2) is 16.5 Å². The highest BCUT2D eigenvalue weighted by Crippen LogP contribution is 2.43. The van der Waals surface area contributed by atoms with Crippen LogP contribution in [0.2, 0.25) is 5.15 Å². The van der Waals surface area contributed by atoms with Crippen LogP contribution in [0.5, 0.6) is 5.75 Å². The van der Waals surface area contributed by atoms with Gasteiger partial charge in [-0.2, -0.15) is 0 Å². The van der Waals surface area contributed by atoms with Gasteiger partial charge in [-0.1, -0.05) is 25.4 Å². The molecule has 0 saturated heterocycles. The Hall–Kier alpha value is -1.40. The highest BCUT2D eigenvalue weighted by molar-refractivity contribution is 6.31. The van der Waals surface area contributed by atoms with Crippen LogP contribution in [0.3, 0.4) is 0 Å². The molecule has 1 aromatic heterocycles. The van der Waals surface area contributed by atoms with Crippen LogP contribution in [0, 0.1) is 10.1 Å². The van der Waals surface area contributed by atoms with Crippen LogP contribution in [0.4, 0.5) is 0 Å². The minimum Gasteiger partial charge on any atom is -0.489 e. The van der Waals surface area contributed by atoms with E-state index in [2.05, 4.69) is 4.98 Å². The van der Waals surface area contributed by atoms with Gasteiger partial charge in [-0.05, 0) is 13.0 Å². The van der Waals surface area contributed by atoms with Crippen molar-refractivity contribution in [2.75, 3.05) is 13.2 Å². The second-order valence-electron chi connectivity index (χ2n) is 5.61. The van der Waals surface area contributed by atoms with E-state index in [1.807, 2.05) is 13.8 Å². The summed E-state index contributed by atoms with van der Waals surface area (Å²) >= 11 is 6.03. The zero-order valence-corrected chi connectivity index (χ0v) is 11.7. The summed E-state index contributed by atoms with van der Waals surface area (Å²) in [7, 11) is 0. The number of aliphatic hydroxyl groups is 1. The van der Waals surface area contributed by atoms with Crippen LogP contribution in [-0.4, -0.2) is 28.2 Å². The summed E-state index contributed by atoms with van der Waals surface area (Å²) in [5, 5.41) is 20.9. The number of nitro groups is 1. The predicted molar refractivity (Wildman–Crippen MR) is 69.2 cm³/mol. The van der Waals surface area contributed by atoms with Crippen molar-refractivity contribution in [3.63, 3.8) is 0 Å². The zero-order chi connectivity index (χ0) is 14.4. The van der Waals surface area contributed by atoms with Gasteiger partial charge in [-0.25, -0.2) is 4.98 Å². The first kappa shape index (κ1) is 14.0. The van der Waals surface area contributed by atoms with E-state index < -0.39 is 17.1 Å². The first-order valence-electron chi connectivity index (χ1n) is 5.82. The van der Waals surface area contributed by atoms with E-state index in [9.17, 15) is 15.2 Å². The van der Waals surface area contributed by atoms with E-state index >= 15 is 0 Å². The van der Waals surface area contributed by atoms with Crippen LogP contribution in [-0.2, 0) is 11.0 Å². The van der Waals surface area contributed by atoms with E-state index in [-0.39, 0.29) is 16.3 Å². The van der Waals surface area contributed by atoms with E-state index in [1.54, 1.807) is 6.07 Å². The van der Waals surface area contributed by atoms with Gasteiger partial charge in [0.2, 0.25) is 6.54 Å². The Bertz CT molecular complexity index is 543. The molecule has 1 atom stereocenters. The molecule has 1 aliphatic heterocycles. The maximum Gasteiger partial charge on any atom is 0.237 e. The third-order valence-electron chi connectivity index (χ3n) is 3.23. The molecule has 6 nitrogen and oxygen atoms in total. The van der Waals surface area contributed by atoms with E-state index in [0.717, 1.165) is 5.56 Å². The second kappa shape index (κ2) is 4.31. The molecule has 0 fully saturated rings. The van der Waals surface area contributed by atoms with Gasteiger partial charge in [0.1, 0.15) is 0 Å². The third-order valence-corrected chi connectivity index (χ3v) is 3.48. The molecule has 0 spiro atoms. The van der Waals surface area contributed by atoms with Crippen LogP contribution >= 0.6 is 11.6 Å². The number of aromatic nitrogens is 1. The molecular formula is C12H15ClN2O4. The minimum atomic E-state index is -1.67. The Morgan fingerprint density at radius 2 is 2.32 bits per heavy atom. The van der Waals surface area contributed by atoms with Crippen molar-refractivity contribution in [3.05, 3.63) is 32.6 Å². The van der Waals surface area contributed by atoms with Crippen LogP contribution in [0.15, 0.2) is 6.07 Å². The van der Waals surface area contributed by atoms with E-state index in [1.165, 1.54) is 6.92 Å². The van der Waals surface area contributed by atoms with Crippen molar-refractivity contribution in [2.45, 2.75) is 31.8 Å². The minimum absolute atomic E-state index is 0.127. The molecule has 2 rings (SSSR count). The van der Waals surface area contributed by atoms with Crippen LogP contribution in [0.1, 0.15) is 32.0 Å². The molecule has 0 saturated carbocycles. The fraction of sp³-hybridized carbons (Fsp3) is 0.583. The largest absolute Gasteiger partial charge is 0.489 e. The summed E-state index contributed by atoms with van der Waals surface area (Å²) in [5.41, 5.74) is -0.931. The standard InChI is InChI=1S/C12H15ClN2O4/c1-11(2)6-19-9-7(11)4-8(14-10(9)13)12(3,16)5-15(17)18/h4,16H,5-6H2,1-3H3. The molecule has 1 unspecified atom stereocenters. The molecule has 7 heteroatoms. The van der Waals surface area contributed by atoms with Crippen molar-refractivity contribution in [1.29, 1.82) is 0 Å². The molecule has 19 heavy (non-hydrogen) atoms. The molecule has 0 radical (unpaired) electrons. The van der Waals surface area contributed by atoms with E-state index in [0.29, 0.717) is 12.4 Å². The number of hydrogen-bond donors (Lipinski definition) is 1. The fourth-order valence-corrected chi connectivity index (χ4v) is 2.33. The molecule has 1 aliphatic rings. The van der Waals surface area contributed by atoms with Crippen molar-refractivity contribution < 1.29 is 14.8 Å². The summed E-state index contributed by atoms with van der Waals surface area (Å²) < 4.78 is 5.48. The molecule has 104 valence electrons. The van der Waals surface area contributed by atoms with Crippen LogP contribution in [0.25, 0.3) is 0 Å². The highest BCUT2D eigenvalue weighted by Gasteiger charge is 2.38. The molecule has 0 amide bonds. The monoisotopic (exact) mass is 286 g/mol. The predicted octanol–water partition coefficient (Wildman–Crippen LogP) is 1.89. The molecule has 1 N–H and O–H groups in total. The van der Waals surface area contributed by atoms with Crippen molar-refractivity contribution >= 4 is 11.6 Å². The van der Waals surface area contributed by atoms with Gasteiger partial charge in [0, 0.05) is 15.9 Å². The third kappa shape index (κ3) is 2.50. The van der Waals surface area contributed by atoms with Crippen molar-refractivity contribution in [2.24, 2.45) is 0 Å². The Labute approximate surface area is 115 Å². The Morgan fingerprint density at radius 1 is 1.68 bits per heavy atom. The van der Waals surface area contributed by atoms with Gasteiger partial charge in [0.25, 0.3) is 0 Å². The number of ether oxygens (including phenoxy) is 1. The second-order valence-corrected chi connectivity index (χ2v) is 5.97. The first-order chi connectivity index (χ1) is 8.63. The summed E-state index contributed by atoms with van der Waals surface area (Å²) in [4.78, 5) is 14.0. The number of nitrogens with zero attached hydrogens (tertiary/aromatic N) is 2. The first-order valence-corrected chi connectivity index (χ1v) is 6.20. The van der Waals surface area contributed by atoms with Gasteiger partial charge in [-0.15, -0.1) is 0 Å². The molecule has 0 aromatic carbocycles. The number of rotatable bonds is 3. The summed E-state index contributed by atoms with van der Waals surface area (Å²) in [5.74, 6) is 0.493. The molecule has 2 heterocycles.